The van der Waals surface area contributed by atoms with Crippen molar-refractivity contribution in [2.75, 3.05) is 0 Å². The summed E-state index contributed by atoms with van der Waals surface area (Å²) >= 11 is 0. The van der Waals surface area contributed by atoms with Crippen LogP contribution in [-0.2, 0) is 9.59 Å². The average molecular weight is 367 g/mol. The van der Waals surface area contributed by atoms with Gasteiger partial charge in [0.25, 0.3) is 0 Å². The molecule has 0 aliphatic rings. The zero-order valence-electron chi connectivity index (χ0n) is 15.4. The maximum absolute atomic E-state index is 10.2. The Kier molecular flexibility index (Phi) is 23.4. The third kappa shape index (κ3) is 24.5. The molecule has 0 aliphatic heterocycles. The van der Waals surface area contributed by atoms with Crippen molar-refractivity contribution >= 4 is 49.7 Å². The Morgan fingerprint density at radius 3 is 0.750 bits per heavy atom. The molecule has 5 heteroatoms. The van der Waals surface area contributed by atoms with Crippen LogP contribution in [0.3, 0.4) is 0 Å². The van der Waals surface area contributed by atoms with Gasteiger partial charge in [0.1, 0.15) is 0 Å². The summed E-state index contributed by atoms with van der Waals surface area (Å²) in [5.74, 6) is -1.86. The van der Waals surface area contributed by atoms with Crippen molar-refractivity contribution in [3.05, 3.63) is 0 Å². The molecule has 0 fully saturated rings. The minimum absolute atomic E-state index is 0. The molecule has 0 radical (unpaired) electrons. The molecule has 0 heterocycles. The van der Waals surface area contributed by atoms with Crippen molar-refractivity contribution in [3.63, 3.8) is 0 Å². The zero-order valence-corrected chi connectivity index (χ0v) is 17.6. The van der Waals surface area contributed by atoms with E-state index < -0.39 is 11.9 Å². The molecule has 4 nitrogen and oxygen atoms in total. The maximum atomic E-state index is 10.2. The summed E-state index contributed by atoms with van der Waals surface area (Å²) in [6.45, 7) is 0. The first-order chi connectivity index (χ1) is 11.1. The summed E-state index contributed by atoms with van der Waals surface area (Å²) in [6.07, 6.45) is 17.7. The largest absolute Gasteiger partial charge is 2.00 e. The monoisotopic (exact) mass is 366 g/mol. The number of carbonyl (C=O) groups is 2. The smallest absolute Gasteiger partial charge is 0.550 e. The molecule has 0 aromatic heterocycles. The molecule has 0 N–H and O–H groups in total. The Balaban J connectivity index is 0. The van der Waals surface area contributed by atoms with Gasteiger partial charge in [0.05, 0.1) is 0 Å². The van der Waals surface area contributed by atoms with Crippen LogP contribution in [-0.4, -0.2) is 49.7 Å². The summed E-state index contributed by atoms with van der Waals surface area (Å²) in [5, 5.41) is 20.5. The molecular formula is C19H34CaO4. The second kappa shape index (κ2) is 21.2. The molecule has 0 aliphatic carbocycles. The van der Waals surface area contributed by atoms with Crippen LogP contribution < -0.4 is 10.2 Å². The molecule has 0 unspecified atom stereocenters. The van der Waals surface area contributed by atoms with Crippen molar-refractivity contribution in [2.45, 2.75) is 109 Å². The van der Waals surface area contributed by atoms with Gasteiger partial charge >= 0.3 is 37.7 Å². The molecule has 0 atom stereocenters. The van der Waals surface area contributed by atoms with Crippen molar-refractivity contribution in [2.24, 2.45) is 0 Å². The predicted octanol–water partition coefficient (Wildman–Crippen LogP) is 2.74. The van der Waals surface area contributed by atoms with Gasteiger partial charge in [-0.2, -0.15) is 0 Å². The fraction of sp³-hybridized carbons (Fsp3) is 0.895. The van der Waals surface area contributed by atoms with Gasteiger partial charge in [0.15, 0.2) is 0 Å². The number of carbonyl (C=O) groups excluding carboxylic acids is 2. The Bertz CT molecular complexity index is 267. The third-order valence-electron chi connectivity index (χ3n) is 4.26. The van der Waals surface area contributed by atoms with Gasteiger partial charge in [0, 0.05) is 11.9 Å². The molecule has 0 saturated heterocycles. The Morgan fingerprint density at radius 1 is 0.417 bits per heavy atom. The molecule has 24 heavy (non-hydrogen) atoms. The second-order valence-electron chi connectivity index (χ2n) is 6.55. The summed E-state index contributed by atoms with van der Waals surface area (Å²) in [7, 11) is 0. The van der Waals surface area contributed by atoms with Crippen LogP contribution in [0, 0.1) is 0 Å². The topological polar surface area (TPSA) is 80.3 Å². The van der Waals surface area contributed by atoms with Crippen molar-refractivity contribution in [3.8, 4) is 0 Å². The fourth-order valence-electron chi connectivity index (χ4n) is 2.84. The van der Waals surface area contributed by atoms with Gasteiger partial charge in [-0.15, -0.1) is 0 Å². The van der Waals surface area contributed by atoms with Gasteiger partial charge < -0.3 is 19.8 Å². The number of unbranched alkanes of at least 4 members (excludes halogenated alkanes) is 14. The SMILES string of the molecule is O=C([O-])CCCCCCCCCCCCCCCCCC(=O)[O-].[Ca+2]. The van der Waals surface area contributed by atoms with Crippen LogP contribution in [0.25, 0.3) is 0 Å². The Morgan fingerprint density at radius 2 is 0.583 bits per heavy atom. The van der Waals surface area contributed by atoms with Crippen molar-refractivity contribution in [1.29, 1.82) is 0 Å². The number of hydrogen-bond acceptors (Lipinski definition) is 4. The first kappa shape index (κ1) is 26.4. The van der Waals surface area contributed by atoms with Crippen molar-refractivity contribution in [1.82, 2.24) is 0 Å². The minimum Gasteiger partial charge on any atom is -0.550 e. The average Bonchev–Trinajstić information content (AvgIpc) is 2.49. The van der Waals surface area contributed by atoms with E-state index in [0.717, 1.165) is 38.5 Å². The number of hydrogen-bond donors (Lipinski definition) is 0. The van der Waals surface area contributed by atoms with Crippen LogP contribution in [0.2, 0.25) is 0 Å². The molecule has 0 rings (SSSR count). The van der Waals surface area contributed by atoms with E-state index in [2.05, 4.69) is 0 Å². The van der Waals surface area contributed by atoms with Crippen LogP contribution in [0.15, 0.2) is 0 Å². The Labute approximate surface area is 177 Å². The summed E-state index contributed by atoms with van der Waals surface area (Å²) in [4.78, 5) is 20.5. The summed E-state index contributed by atoms with van der Waals surface area (Å²) in [6, 6.07) is 0. The van der Waals surface area contributed by atoms with Gasteiger partial charge in [0.2, 0.25) is 0 Å². The molecule has 136 valence electrons. The fourth-order valence-corrected chi connectivity index (χ4v) is 2.84. The van der Waals surface area contributed by atoms with Crippen LogP contribution in [0.4, 0.5) is 0 Å². The molecule has 0 bridgehead atoms. The van der Waals surface area contributed by atoms with E-state index in [9.17, 15) is 19.8 Å². The van der Waals surface area contributed by atoms with E-state index in [1.165, 1.54) is 57.8 Å². The van der Waals surface area contributed by atoms with E-state index in [-0.39, 0.29) is 50.6 Å². The second-order valence-corrected chi connectivity index (χ2v) is 6.55. The maximum Gasteiger partial charge on any atom is 2.00 e. The Hall–Kier alpha value is 0.200. The molecule has 0 aromatic rings. The minimum atomic E-state index is -0.928. The van der Waals surface area contributed by atoms with E-state index in [4.69, 9.17) is 0 Å². The quantitative estimate of drug-likeness (QED) is 0.276. The number of rotatable bonds is 18. The van der Waals surface area contributed by atoms with Crippen molar-refractivity contribution < 1.29 is 19.8 Å². The van der Waals surface area contributed by atoms with Crippen LogP contribution >= 0.6 is 0 Å². The summed E-state index contributed by atoms with van der Waals surface area (Å²) in [5.41, 5.74) is 0. The van der Waals surface area contributed by atoms with Gasteiger partial charge in [-0.05, 0) is 25.7 Å². The van der Waals surface area contributed by atoms with Crippen LogP contribution in [0.5, 0.6) is 0 Å². The normalized spacial score (nSPS) is 10.3. The van der Waals surface area contributed by atoms with E-state index in [0.29, 0.717) is 0 Å². The summed E-state index contributed by atoms with van der Waals surface area (Å²) < 4.78 is 0. The molecule has 0 amide bonds. The molecule has 0 aromatic carbocycles. The van der Waals surface area contributed by atoms with Crippen LogP contribution in [0.1, 0.15) is 109 Å². The first-order valence-corrected chi connectivity index (χ1v) is 9.52. The first-order valence-electron chi connectivity index (χ1n) is 9.52. The molecular weight excluding hydrogens is 332 g/mol. The number of carboxylic acids is 2. The van der Waals surface area contributed by atoms with E-state index in [1.54, 1.807) is 0 Å². The standard InChI is InChI=1S/C19H36O4.Ca/c20-18(21)16-14-12-10-8-6-4-2-1-3-5-7-9-11-13-15-17-19(22)23;/h1-17H2,(H,20,21)(H,22,23);/q;+2/p-2. The number of carboxylic acid groups (broad SMARTS) is 2. The molecule has 0 spiro atoms. The van der Waals surface area contributed by atoms with Gasteiger partial charge in [-0.1, -0.05) is 83.5 Å². The van der Waals surface area contributed by atoms with Gasteiger partial charge in [-0.25, -0.2) is 0 Å². The zero-order chi connectivity index (χ0) is 17.2. The number of aliphatic carboxylic acids is 2. The predicted molar refractivity (Wildman–Crippen MR) is 94.3 cm³/mol. The van der Waals surface area contributed by atoms with E-state index in [1.807, 2.05) is 0 Å². The molecule has 0 saturated carbocycles. The van der Waals surface area contributed by atoms with E-state index >= 15 is 0 Å². The third-order valence-corrected chi connectivity index (χ3v) is 4.26. The van der Waals surface area contributed by atoms with Gasteiger partial charge in [-0.3, -0.25) is 0 Å².